The second-order valence-corrected chi connectivity index (χ2v) is 7.17. The van der Waals surface area contributed by atoms with Crippen molar-refractivity contribution in [2.45, 2.75) is 12.8 Å². The molecule has 0 spiro atoms. The first-order valence-corrected chi connectivity index (χ1v) is 10.4. The van der Waals surface area contributed by atoms with E-state index in [4.69, 9.17) is 14.3 Å². The molecule has 0 saturated heterocycles. The molecule has 3 aromatic rings. The number of rotatable bonds is 1. The fraction of sp³-hybridized carbons (Fsp3) is 0.154. The van der Waals surface area contributed by atoms with E-state index < -0.39 is 11.9 Å². The predicted molar refractivity (Wildman–Crippen MR) is 121 cm³/mol. The Morgan fingerprint density at radius 1 is 0.688 bits per heavy atom. The van der Waals surface area contributed by atoms with Crippen molar-refractivity contribution in [1.29, 1.82) is 0 Å². The molecule has 0 radical (unpaired) electrons. The monoisotopic (exact) mass is 429 g/mol. The zero-order valence-corrected chi connectivity index (χ0v) is 17.5. The molecule has 6 heteroatoms. The van der Waals surface area contributed by atoms with Gasteiger partial charge < -0.3 is 14.3 Å². The van der Waals surface area contributed by atoms with Gasteiger partial charge in [-0.2, -0.15) is 0 Å². The summed E-state index contributed by atoms with van der Waals surface area (Å²) in [4.78, 5) is 31.4. The third-order valence-corrected chi connectivity index (χ3v) is 4.82. The Hall–Kier alpha value is -4.06. The van der Waals surface area contributed by atoms with Crippen molar-refractivity contribution < 1.29 is 23.9 Å². The SMILES string of the molecule is O=C1CCc2cccc(c2)OC/C=C/COc2cccc(c2)C(=O)N(c2ccccc2)O1. The van der Waals surface area contributed by atoms with Gasteiger partial charge in [-0.3, -0.25) is 4.79 Å². The number of hydroxylamine groups is 1. The van der Waals surface area contributed by atoms with Crippen LogP contribution in [0.3, 0.4) is 0 Å². The number of nitrogens with zero attached hydrogens (tertiary/aromatic N) is 1. The summed E-state index contributed by atoms with van der Waals surface area (Å²) in [5.74, 6) is 0.290. The molecule has 0 unspecified atom stereocenters. The molecule has 1 heterocycles. The number of carbonyl (C=O) groups is 2. The number of fused-ring (bicyclic) bond motifs is 4. The number of amides is 1. The van der Waals surface area contributed by atoms with Gasteiger partial charge in [0.1, 0.15) is 24.7 Å². The third-order valence-electron chi connectivity index (χ3n) is 4.82. The third kappa shape index (κ3) is 5.55. The van der Waals surface area contributed by atoms with E-state index in [2.05, 4.69) is 0 Å². The van der Waals surface area contributed by atoms with E-state index in [1.807, 2.05) is 42.5 Å². The largest absolute Gasteiger partial charge is 0.490 e. The van der Waals surface area contributed by atoms with E-state index in [0.717, 1.165) is 16.4 Å². The summed E-state index contributed by atoms with van der Waals surface area (Å²) in [6, 6.07) is 23.2. The molecule has 0 atom stereocenters. The van der Waals surface area contributed by atoms with Gasteiger partial charge in [-0.05, 0) is 66.6 Å². The molecule has 0 aliphatic carbocycles. The number of para-hydroxylation sites is 1. The fourth-order valence-electron chi connectivity index (χ4n) is 3.22. The van der Waals surface area contributed by atoms with Crippen LogP contribution in [-0.2, 0) is 16.1 Å². The zero-order valence-electron chi connectivity index (χ0n) is 17.5. The molecule has 4 rings (SSSR count). The number of benzene rings is 3. The highest BCUT2D eigenvalue weighted by molar-refractivity contribution is 6.05. The van der Waals surface area contributed by atoms with Gasteiger partial charge in [0.05, 0.1) is 12.1 Å². The van der Waals surface area contributed by atoms with Crippen LogP contribution in [0.5, 0.6) is 11.5 Å². The summed E-state index contributed by atoms with van der Waals surface area (Å²) in [6.07, 6.45) is 4.31. The average Bonchev–Trinajstić information content (AvgIpc) is 2.83. The Kier molecular flexibility index (Phi) is 6.82. The minimum Gasteiger partial charge on any atom is -0.490 e. The fourth-order valence-corrected chi connectivity index (χ4v) is 3.22. The normalized spacial score (nSPS) is 16.1. The Morgan fingerprint density at radius 2 is 1.38 bits per heavy atom. The second-order valence-electron chi connectivity index (χ2n) is 7.17. The van der Waals surface area contributed by atoms with Crippen molar-refractivity contribution in [1.82, 2.24) is 0 Å². The standard InChI is InChI=1S/C26H23NO5/c28-25-15-14-20-8-6-12-23(18-20)30-16-4-5-17-31-24-13-7-9-21(19-24)26(29)27(32-25)22-10-2-1-3-11-22/h1-13,18-19H,14-17H2/b5-4+. The Morgan fingerprint density at radius 3 is 2.12 bits per heavy atom. The summed E-state index contributed by atoms with van der Waals surface area (Å²) in [7, 11) is 0. The second kappa shape index (κ2) is 10.3. The van der Waals surface area contributed by atoms with Crippen LogP contribution >= 0.6 is 0 Å². The van der Waals surface area contributed by atoms with Gasteiger partial charge in [-0.25, -0.2) is 4.79 Å². The maximum absolute atomic E-state index is 13.3. The van der Waals surface area contributed by atoms with Gasteiger partial charge >= 0.3 is 5.97 Å². The van der Waals surface area contributed by atoms with E-state index in [9.17, 15) is 9.59 Å². The molecule has 0 aromatic heterocycles. The molecule has 3 aromatic carbocycles. The van der Waals surface area contributed by atoms with Gasteiger partial charge in [0, 0.05) is 5.56 Å². The van der Waals surface area contributed by atoms with Gasteiger partial charge in [-0.15, -0.1) is 5.06 Å². The Labute approximate surface area is 186 Å². The maximum atomic E-state index is 13.3. The molecule has 4 bridgehead atoms. The smallest absolute Gasteiger partial charge is 0.333 e. The maximum Gasteiger partial charge on any atom is 0.333 e. The quantitative estimate of drug-likeness (QED) is 0.522. The number of carbonyl (C=O) groups excluding carboxylic acids is 2. The van der Waals surface area contributed by atoms with Crippen molar-refractivity contribution in [2.75, 3.05) is 18.3 Å². The molecule has 1 aliphatic heterocycles. The lowest BCUT2D eigenvalue weighted by molar-refractivity contribution is -0.144. The van der Waals surface area contributed by atoms with Crippen LogP contribution < -0.4 is 14.5 Å². The number of hydrogen-bond donors (Lipinski definition) is 0. The van der Waals surface area contributed by atoms with Crippen LogP contribution in [0.4, 0.5) is 5.69 Å². The Bertz CT molecular complexity index is 1110. The lowest BCUT2D eigenvalue weighted by Gasteiger charge is -2.21. The molecule has 1 aliphatic rings. The summed E-state index contributed by atoms with van der Waals surface area (Å²) >= 11 is 0. The first kappa shape index (κ1) is 21.2. The van der Waals surface area contributed by atoms with E-state index in [1.54, 1.807) is 48.5 Å². The average molecular weight is 429 g/mol. The molecular weight excluding hydrogens is 406 g/mol. The first-order chi connectivity index (χ1) is 15.7. The van der Waals surface area contributed by atoms with Gasteiger partial charge in [-0.1, -0.05) is 36.4 Å². The van der Waals surface area contributed by atoms with E-state index in [1.165, 1.54) is 0 Å². The zero-order chi connectivity index (χ0) is 22.2. The number of aryl methyl sites for hydroxylation is 1. The molecule has 1 amide bonds. The van der Waals surface area contributed by atoms with Crippen molar-refractivity contribution in [3.05, 3.63) is 102 Å². The lowest BCUT2D eigenvalue weighted by Crippen LogP contribution is -2.33. The van der Waals surface area contributed by atoms with Gasteiger partial charge in [0.2, 0.25) is 0 Å². The Balaban J connectivity index is 1.64. The molecule has 0 fully saturated rings. The van der Waals surface area contributed by atoms with Crippen LogP contribution in [0.1, 0.15) is 22.3 Å². The summed E-state index contributed by atoms with van der Waals surface area (Å²) in [5, 5.41) is 1.03. The summed E-state index contributed by atoms with van der Waals surface area (Å²) < 4.78 is 11.5. The topological polar surface area (TPSA) is 65.1 Å². The molecule has 32 heavy (non-hydrogen) atoms. The van der Waals surface area contributed by atoms with Crippen molar-refractivity contribution in [3.8, 4) is 11.5 Å². The van der Waals surface area contributed by atoms with E-state index in [-0.39, 0.29) is 6.42 Å². The summed E-state index contributed by atoms with van der Waals surface area (Å²) in [6.45, 7) is 0.734. The highest BCUT2D eigenvalue weighted by atomic mass is 16.7. The van der Waals surface area contributed by atoms with Crippen LogP contribution in [-0.4, -0.2) is 25.1 Å². The first-order valence-electron chi connectivity index (χ1n) is 10.4. The number of anilines is 1. The molecule has 6 nitrogen and oxygen atoms in total. The van der Waals surface area contributed by atoms with Gasteiger partial charge in [0.15, 0.2) is 0 Å². The minimum atomic E-state index is -0.509. The number of hydrogen-bond acceptors (Lipinski definition) is 5. The highest BCUT2D eigenvalue weighted by Crippen LogP contribution is 2.22. The van der Waals surface area contributed by atoms with Crippen molar-refractivity contribution in [2.24, 2.45) is 0 Å². The van der Waals surface area contributed by atoms with Crippen LogP contribution in [0.25, 0.3) is 0 Å². The van der Waals surface area contributed by atoms with E-state index in [0.29, 0.717) is 36.6 Å². The minimum absolute atomic E-state index is 0.114. The lowest BCUT2D eigenvalue weighted by atomic mass is 10.1. The van der Waals surface area contributed by atoms with Crippen LogP contribution in [0.15, 0.2) is 91.0 Å². The molecule has 162 valence electrons. The summed E-state index contributed by atoms with van der Waals surface area (Å²) in [5.41, 5.74) is 1.75. The molecule has 0 saturated carbocycles. The number of ether oxygens (including phenoxy) is 2. The predicted octanol–water partition coefficient (Wildman–Crippen LogP) is 4.75. The van der Waals surface area contributed by atoms with E-state index >= 15 is 0 Å². The van der Waals surface area contributed by atoms with Crippen molar-refractivity contribution >= 4 is 17.6 Å². The molecule has 0 N–H and O–H groups in total. The highest BCUT2D eigenvalue weighted by Gasteiger charge is 2.23. The van der Waals surface area contributed by atoms with Crippen LogP contribution in [0.2, 0.25) is 0 Å². The molecular formula is C26H23NO5. The van der Waals surface area contributed by atoms with Crippen molar-refractivity contribution in [3.63, 3.8) is 0 Å². The van der Waals surface area contributed by atoms with Crippen LogP contribution in [0, 0.1) is 0 Å². The van der Waals surface area contributed by atoms with Gasteiger partial charge in [0.25, 0.3) is 5.91 Å².